The van der Waals surface area contributed by atoms with Gasteiger partial charge in [-0.05, 0) is 67.7 Å². The summed E-state index contributed by atoms with van der Waals surface area (Å²) in [6.45, 7) is 1.44. The number of Topliss-reactive ketones (excluding diaryl/α,β-unsaturated/α-hetero) is 2. The Morgan fingerprint density at radius 2 is 1.65 bits per heavy atom. The minimum atomic E-state index is -3.79. The Kier molecular flexibility index (Phi) is 13.2. The third-order valence-electron chi connectivity index (χ3n) is 11.1. The molecule has 2 amide bonds. The number of fused-ring (bicyclic) bond motifs is 1. The average Bonchev–Trinajstić information content (AvgIpc) is 3.81. The molecule has 3 heterocycles. The van der Waals surface area contributed by atoms with Crippen LogP contribution in [0.15, 0.2) is 52.9 Å². The molecule has 3 N–H and O–H groups in total. The zero-order valence-corrected chi connectivity index (χ0v) is 31.9. The van der Waals surface area contributed by atoms with Crippen LogP contribution in [-0.4, -0.2) is 90.8 Å². The number of carbonyl (C=O) groups excluding carboxylic acids is 4. The molecule has 1 aromatic heterocycles. The molecule has 0 radical (unpaired) electrons. The molecule has 2 saturated heterocycles. The predicted octanol–water partition coefficient (Wildman–Crippen LogP) is 5.16. The smallest absolute Gasteiger partial charge is 0.410 e. The lowest BCUT2D eigenvalue weighted by Crippen LogP contribution is -2.52. The standard InChI is InChI=1S/C40H53N5O8S/c1-54(50,51)43-33(19-18-27-10-4-2-5-11-27)39(48)45-26-31(52-40(49)44-20-8-3-9-21-44)24-34(45)35(46)23-30(22-28-14-16-29(25-41)17-15-28)37(47)38-42-32-12-6-7-13-36(32)53-38/h6-7,12-17,27,30-31,33-34,43H,2-5,8-11,18-26,41H2,1H3/t30-,31-,33-,34+/m1/s1. The molecule has 6 rings (SSSR count). The number of likely N-dealkylation sites (tertiary alicyclic amines) is 2. The number of nitrogens with two attached hydrogens (primary N) is 1. The second-order valence-electron chi connectivity index (χ2n) is 15.3. The molecule has 1 saturated carbocycles. The summed E-state index contributed by atoms with van der Waals surface area (Å²) in [7, 11) is -3.79. The van der Waals surface area contributed by atoms with Gasteiger partial charge in [-0.25, -0.2) is 22.9 Å². The van der Waals surface area contributed by atoms with Crippen molar-refractivity contribution >= 4 is 44.7 Å². The number of ether oxygens (including phenoxy) is 1. The fraction of sp³-hybridized carbons (Fsp3) is 0.575. The number of amides is 2. The summed E-state index contributed by atoms with van der Waals surface area (Å²) < 4.78 is 39.4. The molecular formula is C40H53N5O8S. The molecule has 54 heavy (non-hydrogen) atoms. The summed E-state index contributed by atoms with van der Waals surface area (Å²) in [5, 5.41) is 0. The SMILES string of the molecule is CS(=O)(=O)N[C@H](CCC1CCCCC1)C(=O)N1C[C@H](OC(=O)N2CCCCC2)C[C@H]1C(=O)C[C@@H](Cc1ccc(CN)cc1)C(=O)c1nc2ccccc2o1. The second kappa shape index (κ2) is 18.0. The molecule has 2 aromatic carbocycles. The highest BCUT2D eigenvalue weighted by Gasteiger charge is 2.45. The normalized spacial score (nSPS) is 20.9. The fourth-order valence-electron chi connectivity index (χ4n) is 8.18. The summed E-state index contributed by atoms with van der Waals surface area (Å²) in [5.74, 6) is -1.99. The number of rotatable bonds is 15. The number of hydrogen-bond donors (Lipinski definition) is 2. The molecule has 3 aliphatic rings. The number of ketones is 2. The summed E-state index contributed by atoms with van der Waals surface area (Å²) in [5.41, 5.74) is 8.50. The van der Waals surface area contributed by atoms with Gasteiger partial charge in [-0.2, -0.15) is 0 Å². The Bertz CT molecular complexity index is 1850. The van der Waals surface area contributed by atoms with Crippen molar-refractivity contribution in [1.82, 2.24) is 19.5 Å². The van der Waals surface area contributed by atoms with Crippen molar-refractivity contribution in [2.45, 2.75) is 108 Å². The largest absolute Gasteiger partial charge is 0.444 e. The van der Waals surface area contributed by atoms with Crippen molar-refractivity contribution < 1.29 is 36.7 Å². The third kappa shape index (κ3) is 10.3. The van der Waals surface area contributed by atoms with E-state index < -0.39 is 57.7 Å². The highest BCUT2D eigenvalue weighted by Crippen LogP contribution is 2.31. The summed E-state index contributed by atoms with van der Waals surface area (Å²) >= 11 is 0. The number of carbonyl (C=O) groups is 4. The van der Waals surface area contributed by atoms with Crippen LogP contribution in [-0.2, 0) is 37.3 Å². The number of nitrogens with zero attached hydrogens (tertiary/aromatic N) is 3. The lowest BCUT2D eigenvalue weighted by atomic mass is 9.85. The molecule has 1 aliphatic carbocycles. The zero-order chi connectivity index (χ0) is 38.2. The molecule has 4 atom stereocenters. The third-order valence-corrected chi connectivity index (χ3v) is 11.8. The van der Waals surface area contributed by atoms with Crippen LogP contribution in [0.5, 0.6) is 0 Å². The molecule has 3 aromatic rings. The van der Waals surface area contributed by atoms with Crippen LogP contribution in [0.1, 0.15) is 98.9 Å². The quantitative estimate of drug-likeness (QED) is 0.196. The zero-order valence-electron chi connectivity index (χ0n) is 31.1. The lowest BCUT2D eigenvalue weighted by Gasteiger charge is -2.30. The Hall–Kier alpha value is -4.14. The van der Waals surface area contributed by atoms with Crippen molar-refractivity contribution in [2.75, 3.05) is 25.9 Å². The maximum absolute atomic E-state index is 14.5. The van der Waals surface area contributed by atoms with Gasteiger partial charge in [-0.15, -0.1) is 0 Å². The molecule has 0 spiro atoms. The molecule has 3 fully saturated rings. The van der Waals surface area contributed by atoms with E-state index in [-0.39, 0.29) is 38.1 Å². The average molecular weight is 764 g/mol. The number of para-hydroxylation sites is 2. The van der Waals surface area contributed by atoms with E-state index in [1.54, 1.807) is 29.2 Å². The Morgan fingerprint density at radius 3 is 2.33 bits per heavy atom. The molecule has 14 heteroatoms. The predicted molar refractivity (Wildman–Crippen MR) is 203 cm³/mol. The van der Waals surface area contributed by atoms with Crippen LogP contribution in [0.25, 0.3) is 11.1 Å². The second-order valence-corrected chi connectivity index (χ2v) is 17.0. The molecular weight excluding hydrogens is 711 g/mol. The minimum Gasteiger partial charge on any atom is -0.444 e. The first-order valence-corrected chi connectivity index (χ1v) is 21.3. The Balaban J connectivity index is 1.27. The van der Waals surface area contributed by atoms with E-state index in [4.69, 9.17) is 14.9 Å². The lowest BCUT2D eigenvalue weighted by molar-refractivity contribution is -0.139. The topological polar surface area (TPSA) is 182 Å². The van der Waals surface area contributed by atoms with Gasteiger partial charge < -0.3 is 24.7 Å². The van der Waals surface area contributed by atoms with Gasteiger partial charge in [0.05, 0.1) is 18.8 Å². The molecule has 292 valence electrons. The number of benzene rings is 2. The van der Waals surface area contributed by atoms with E-state index in [0.717, 1.165) is 62.3 Å². The van der Waals surface area contributed by atoms with Gasteiger partial charge in [0.25, 0.3) is 5.89 Å². The van der Waals surface area contributed by atoms with Gasteiger partial charge in [0.1, 0.15) is 17.7 Å². The number of hydrogen-bond acceptors (Lipinski definition) is 10. The number of nitrogens with one attached hydrogen (secondary N) is 1. The molecule has 13 nitrogen and oxygen atoms in total. The van der Waals surface area contributed by atoms with E-state index in [0.29, 0.717) is 43.1 Å². The summed E-state index contributed by atoms with van der Waals surface area (Å²) in [4.78, 5) is 63.7. The van der Waals surface area contributed by atoms with Crippen molar-refractivity contribution in [3.05, 3.63) is 65.5 Å². The van der Waals surface area contributed by atoms with Crippen molar-refractivity contribution in [3.8, 4) is 0 Å². The maximum atomic E-state index is 14.5. The monoisotopic (exact) mass is 763 g/mol. The number of aromatic nitrogens is 1. The Labute approximate surface area is 317 Å². The molecule has 0 bridgehead atoms. The van der Waals surface area contributed by atoms with Crippen molar-refractivity contribution in [1.29, 1.82) is 0 Å². The van der Waals surface area contributed by atoms with Crippen LogP contribution in [0.3, 0.4) is 0 Å². The van der Waals surface area contributed by atoms with E-state index in [1.807, 2.05) is 24.3 Å². The number of oxazole rings is 1. The van der Waals surface area contributed by atoms with E-state index in [1.165, 1.54) is 11.3 Å². The minimum absolute atomic E-state index is 0.0351. The van der Waals surface area contributed by atoms with E-state index >= 15 is 0 Å². The first kappa shape index (κ1) is 39.6. The maximum Gasteiger partial charge on any atom is 0.410 e. The summed E-state index contributed by atoms with van der Waals surface area (Å²) in [6, 6.07) is 12.4. The number of sulfonamides is 1. The first-order valence-electron chi connectivity index (χ1n) is 19.4. The van der Waals surface area contributed by atoms with Gasteiger partial charge in [-0.1, -0.05) is 68.5 Å². The highest BCUT2D eigenvalue weighted by atomic mass is 32.2. The molecule has 2 aliphatic heterocycles. The van der Waals surface area contributed by atoms with E-state index in [9.17, 15) is 27.6 Å². The van der Waals surface area contributed by atoms with Gasteiger partial charge in [-0.3, -0.25) is 14.4 Å². The Morgan fingerprint density at radius 1 is 0.963 bits per heavy atom. The van der Waals surface area contributed by atoms with Crippen molar-refractivity contribution in [3.63, 3.8) is 0 Å². The van der Waals surface area contributed by atoms with Crippen molar-refractivity contribution in [2.24, 2.45) is 17.6 Å². The van der Waals surface area contributed by atoms with Crippen LogP contribution < -0.4 is 10.5 Å². The van der Waals surface area contributed by atoms with Crippen LogP contribution in [0, 0.1) is 11.8 Å². The first-order chi connectivity index (χ1) is 26.0. The van der Waals surface area contributed by atoms with Gasteiger partial charge in [0, 0.05) is 38.4 Å². The van der Waals surface area contributed by atoms with Crippen LogP contribution in [0.4, 0.5) is 4.79 Å². The van der Waals surface area contributed by atoms with Gasteiger partial charge in [0.15, 0.2) is 11.4 Å². The van der Waals surface area contributed by atoms with E-state index in [2.05, 4.69) is 9.71 Å². The fourth-order valence-corrected chi connectivity index (χ4v) is 8.91. The van der Waals surface area contributed by atoms with Gasteiger partial charge >= 0.3 is 6.09 Å². The number of piperidine rings is 1. The van der Waals surface area contributed by atoms with Crippen LogP contribution in [0.2, 0.25) is 0 Å². The highest BCUT2D eigenvalue weighted by molar-refractivity contribution is 7.88. The van der Waals surface area contributed by atoms with Crippen LogP contribution >= 0.6 is 0 Å². The summed E-state index contributed by atoms with van der Waals surface area (Å²) in [6.07, 6.45) is 8.90. The molecule has 0 unspecified atom stereocenters. The van der Waals surface area contributed by atoms with Gasteiger partial charge in [0.2, 0.25) is 21.7 Å².